The van der Waals surface area contributed by atoms with Gasteiger partial charge in [-0.1, -0.05) is 66.6 Å². The van der Waals surface area contributed by atoms with Crippen LogP contribution in [0.5, 0.6) is 0 Å². The summed E-state index contributed by atoms with van der Waals surface area (Å²) in [5.41, 5.74) is 10.7. The van der Waals surface area contributed by atoms with Crippen LogP contribution in [0.1, 0.15) is 35.2 Å². The van der Waals surface area contributed by atoms with Gasteiger partial charge in [0.2, 0.25) is 0 Å². The van der Waals surface area contributed by atoms with Crippen LogP contribution in [-0.4, -0.2) is 5.78 Å². The second kappa shape index (κ2) is 6.68. The van der Waals surface area contributed by atoms with Crippen LogP contribution >= 0.6 is 0 Å². The minimum atomic E-state index is -0.246. The molecule has 2 atom stereocenters. The van der Waals surface area contributed by atoms with Crippen molar-refractivity contribution in [3.8, 4) is 0 Å². The van der Waals surface area contributed by atoms with E-state index in [4.69, 9.17) is 5.73 Å². The number of benzene rings is 2. The van der Waals surface area contributed by atoms with Gasteiger partial charge in [-0.05, 0) is 25.0 Å². The Labute approximate surface area is 127 Å². The molecule has 0 radical (unpaired) electrons. The van der Waals surface area contributed by atoms with Crippen LogP contribution in [-0.2, 0) is 11.2 Å². The second-order valence-corrected chi connectivity index (χ2v) is 5.86. The highest BCUT2D eigenvalue weighted by Crippen LogP contribution is 2.21. The SMILES string of the molecule is Cc1cc(C)cc(CC(=O)C(C)C(N)c2ccccc2)c1. The van der Waals surface area contributed by atoms with Crippen molar-refractivity contribution >= 4 is 5.78 Å². The summed E-state index contributed by atoms with van der Waals surface area (Å²) in [6.45, 7) is 6.03. The zero-order valence-corrected chi connectivity index (χ0v) is 13.0. The lowest BCUT2D eigenvalue weighted by atomic mass is 9.88. The first-order valence-corrected chi connectivity index (χ1v) is 7.38. The third-order valence-electron chi connectivity index (χ3n) is 3.89. The summed E-state index contributed by atoms with van der Waals surface area (Å²) in [7, 11) is 0. The van der Waals surface area contributed by atoms with Crippen molar-refractivity contribution in [2.45, 2.75) is 33.2 Å². The number of ketones is 1. The molecule has 2 aromatic carbocycles. The lowest BCUT2D eigenvalue weighted by molar-refractivity contribution is -0.122. The van der Waals surface area contributed by atoms with E-state index >= 15 is 0 Å². The molecule has 0 aliphatic carbocycles. The fraction of sp³-hybridized carbons (Fsp3) is 0.316. The fourth-order valence-electron chi connectivity index (χ4n) is 2.70. The normalized spacial score (nSPS) is 13.7. The molecule has 0 aliphatic rings. The molecule has 2 heteroatoms. The van der Waals surface area contributed by atoms with Crippen molar-refractivity contribution in [2.75, 3.05) is 0 Å². The van der Waals surface area contributed by atoms with Crippen LogP contribution in [0.25, 0.3) is 0 Å². The molecular weight excluding hydrogens is 258 g/mol. The van der Waals surface area contributed by atoms with E-state index in [2.05, 4.69) is 32.0 Å². The maximum absolute atomic E-state index is 12.5. The van der Waals surface area contributed by atoms with Gasteiger partial charge < -0.3 is 5.73 Å². The van der Waals surface area contributed by atoms with Gasteiger partial charge in [0.1, 0.15) is 5.78 Å². The highest BCUT2D eigenvalue weighted by atomic mass is 16.1. The summed E-state index contributed by atoms with van der Waals surface area (Å²) in [5.74, 6) is 0.00423. The molecule has 0 spiro atoms. The van der Waals surface area contributed by atoms with Gasteiger partial charge in [0.15, 0.2) is 0 Å². The van der Waals surface area contributed by atoms with E-state index in [9.17, 15) is 4.79 Å². The van der Waals surface area contributed by atoms with Gasteiger partial charge in [-0.3, -0.25) is 4.79 Å². The fourth-order valence-corrected chi connectivity index (χ4v) is 2.70. The summed E-state index contributed by atoms with van der Waals surface area (Å²) < 4.78 is 0. The average Bonchev–Trinajstić information content (AvgIpc) is 2.45. The van der Waals surface area contributed by atoms with Crippen molar-refractivity contribution in [3.63, 3.8) is 0 Å². The molecule has 2 rings (SSSR count). The minimum absolute atomic E-state index is 0.187. The topological polar surface area (TPSA) is 43.1 Å². The zero-order valence-electron chi connectivity index (χ0n) is 13.0. The first-order chi connectivity index (χ1) is 9.97. The summed E-state index contributed by atoms with van der Waals surface area (Å²) in [6, 6.07) is 15.8. The van der Waals surface area contributed by atoms with Crippen molar-refractivity contribution in [1.29, 1.82) is 0 Å². The largest absolute Gasteiger partial charge is 0.323 e. The molecule has 0 bridgehead atoms. The molecule has 21 heavy (non-hydrogen) atoms. The Morgan fingerprint density at radius 1 is 1.05 bits per heavy atom. The second-order valence-electron chi connectivity index (χ2n) is 5.86. The number of hydrogen-bond donors (Lipinski definition) is 1. The Balaban J connectivity index is 2.09. The average molecular weight is 281 g/mol. The quantitative estimate of drug-likeness (QED) is 0.907. The third kappa shape index (κ3) is 4.02. The van der Waals surface area contributed by atoms with Crippen molar-refractivity contribution in [3.05, 3.63) is 70.8 Å². The van der Waals surface area contributed by atoms with Crippen LogP contribution in [0.15, 0.2) is 48.5 Å². The number of nitrogens with two attached hydrogens (primary N) is 1. The Morgan fingerprint density at radius 3 is 2.19 bits per heavy atom. The van der Waals surface area contributed by atoms with Crippen LogP contribution in [0, 0.1) is 19.8 Å². The monoisotopic (exact) mass is 281 g/mol. The van der Waals surface area contributed by atoms with Gasteiger partial charge in [-0.2, -0.15) is 0 Å². The van der Waals surface area contributed by atoms with Crippen LogP contribution < -0.4 is 5.73 Å². The molecule has 0 amide bonds. The van der Waals surface area contributed by atoms with Gasteiger partial charge in [0, 0.05) is 18.4 Å². The van der Waals surface area contributed by atoms with E-state index in [0.29, 0.717) is 6.42 Å². The van der Waals surface area contributed by atoms with E-state index < -0.39 is 0 Å². The standard InChI is InChI=1S/C19H23NO/c1-13-9-14(2)11-16(10-13)12-18(21)15(3)19(20)17-7-5-4-6-8-17/h4-11,15,19H,12,20H2,1-3H3. The highest BCUT2D eigenvalue weighted by molar-refractivity contribution is 5.83. The van der Waals surface area contributed by atoms with Gasteiger partial charge in [0.05, 0.1) is 0 Å². The Hall–Kier alpha value is -1.93. The molecule has 0 heterocycles. The first-order valence-electron chi connectivity index (χ1n) is 7.38. The Bertz CT molecular complexity index is 598. The molecular formula is C19H23NO. The first kappa shape index (κ1) is 15.5. The maximum Gasteiger partial charge on any atom is 0.141 e. The summed E-state index contributed by atoms with van der Waals surface area (Å²) in [6.07, 6.45) is 0.449. The Kier molecular flexibility index (Phi) is 4.92. The predicted molar refractivity (Wildman–Crippen MR) is 87.2 cm³/mol. The maximum atomic E-state index is 12.5. The van der Waals surface area contributed by atoms with Crippen molar-refractivity contribution in [2.24, 2.45) is 11.7 Å². The van der Waals surface area contributed by atoms with Gasteiger partial charge in [-0.25, -0.2) is 0 Å². The number of carbonyl (C=O) groups is 1. The number of Topliss-reactive ketones (excluding diaryl/α,β-unsaturated/α-hetero) is 1. The molecule has 0 aliphatic heterocycles. The van der Waals surface area contributed by atoms with E-state index in [1.807, 2.05) is 37.3 Å². The van der Waals surface area contributed by atoms with Crippen molar-refractivity contribution in [1.82, 2.24) is 0 Å². The molecule has 2 nitrogen and oxygen atoms in total. The number of carbonyl (C=O) groups excluding carboxylic acids is 1. The number of aryl methyl sites for hydroxylation is 2. The lowest BCUT2D eigenvalue weighted by Crippen LogP contribution is -2.27. The zero-order chi connectivity index (χ0) is 15.4. The van der Waals surface area contributed by atoms with E-state index in [1.54, 1.807) is 0 Å². The minimum Gasteiger partial charge on any atom is -0.323 e. The highest BCUT2D eigenvalue weighted by Gasteiger charge is 2.22. The summed E-state index contributed by atoms with van der Waals surface area (Å²) >= 11 is 0. The Morgan fingerprint density at radius 2 is 1.62 bits per heavy atom. The number of rotatable bonds is 5. The third-order valence-corrected chi connectivity index (χ3v) is 3.89. The molecule has 0 fully saturated rings. The molecule has 110 valence electrons. The molecule has 0 saturated heterocycles. The molecule has 0 aromatic heterocycles. The molecule has 0 saturated carbocycles. The summed E-state index contributed by atoms with van der Waals surface area (Å²) in [5, 5.41) is 0. The van der Waals surface area contributed by atoms with Gasteiger partial charge >= 0.3 is 0 Å². The predicted octanol–water partition coefficient (Wildman–Crippen LogP) is 3.75. The van der Waals surface area contributed by atoms with Crippen LogP contribution in [0.3, 0.4) is 0 Å². The van der Waals surface area contributed by atoms with Crippen LogP contribution in [0.4, 0.5) is 0 Å². The molecule has 2 N–H and O–H groups in total. The van der Waals surface area contributed by atoms with Gasteiger partial charge in [-0.15, -0.1) is 0 Å². The smallest absolute Gasteiger partial charge is 0.141 e. The van der Waals surface area contributed by atoms with Crippen molar-refractivity contribution < 1.29 is 4.79 Å². The number of hydrogen-bond acceptors (Lipinski definition) is 2. The lowest BCUT2D eigenvalue weighted by Gasteiger charge is -2.19. The van der Waals surface area contributed by atoms with Gasteiger partial charge in [0.25, 0.3) is 0 Å². The molecule has 2 unspecified atom stereocenters. The van der Waals surface area contributed by atoms with E-state index in [-0.39, 0.29) is 17.7 Å². The molecule has 2 aromatic rings. The summed E-state index contributed by atoms with van der Waals surface area (Å²) in [4.78, 5) is 12.5. The van der Waals surface area contributed by atoms with Crippen LogP contribution in [0.2, 0.25) is 0 Å². The van der Waals surface area contributed by atoms with E-state index in [0.717, 1.165) is 11.1 Å². The van der Waals surface area contributed by atoms with E-state index in [1.165, 1.54) is 11.1 Å².